The fourth-order valence-electron chi connectivity index (χ4n) is 6.49. The minimum atomic E-state index is -0.215. The first kappa shape index (κ1) is 34.4. The number of unbranched alkanes of at least 4 members (excludes halogenated alkanes) is 18. The minimum Gasteiger partial charge on any atom is -0.508 e. The van der Waals surface area contributed by atoms with E-state index in [1.165, 1.54) is 151 Å². The van der Waals surface area contributed by atoms with E-state index in [4.69, 9.17) is 0 Å². The van der Waals surface area contributed by atoms with E-state index in [0.29, 0.717) is 5.75 Å². The van der Waals surface area contributed by atoms with Gasteiger partial charge in [-0.2, -0.15) is 0 Å². The maximum atomic E-state index is 11.2. The Labute approximate surface area is 249 Å². The lowest BCUT2D eigenvalue weighted by Gasteiger charge is -2.31. The van der Waals surface area contributed by atoms with Gasteiger partial charge in [0.2, 0.25) is 0 Å². The fraction of sp³-hybridized carbons (Fsp3) is 0.692. The van der Waals surface area contributed by atoms with Gasteiger partial charge in [0.15, 0.2) is 0 Å². The topological polar surface area (TPSA) is 20.2 Å². The van der Waals surface area contributed by atoms with Crippen molar-refractivity contribution < 1.29 is 5.11 Å². The van der Waals surface area contributed by atoms with Crippen molar-refractivity contribution in [2.45, 2.75) is 174 Å². The predicted octanol–water partition coefficient (Wildman–Crippen LogP) is 12.6. The van der Waals surface area contributed by atoms with Crippen LogP contribution in [0, 0.1) is 0 Å². The zero-order chi connectivity index (χ0) is 28.9. The second kappa shape index (κ2) is 21.0. The average Bonchev–Trinajstić information content (AvgIpc) is 2.96. The molecule has 2 rings (SSSR count). The molecule has 0 aromatic heterocycles. The Kier molecular flexibility index (Phi) is 18.1. The zero-order valence-electron chi connectivity index (χ0n) is 27.0. The Morgan fingerprint density at radius 1 is 0.500 bits per heavy atom. The normalized spacial score (nSPS) is 11.8. The molecule has 0 saturated carbocycles. The first-order chi connectivity index (χ1) is 19.5. The van der Waals surface area contributed by atoms with Crippen LogP contribution in [0.1, 0.15) is 178 Å². The summed E-state index contributed by atoms with van der Waals surface area (Å²) in [5.41, 5.74) is 5.15. The van der Waals surface area contributed by atoms with Crippen LogP contribution in [0.5, 0.6) is 5.75 Å². The Hall–Kier alpha value is -1.76. The van der Waals surface area contributed by atoms with Crippen molar-refractivity contribution in [1.29, 1.82) is 0 Å². The van der Waals surface area contributed by atoms with E-state index in [9.17, 15) is 5.11 Å². The van der Waals surface area contributed by atoms with Gasteiger partial charge in [-0.15, -0.1) is 0 Å². The highest BCUT2D eigenvalue weighted by atomic mass is 16.3. The molecule has 40 heavy (non-hydrogen) atoms. The molecule has 1 N–H and O–H groups in total. The van der Waals surface area contributed by atoms with Gasteiger partial charge in [-0.3, -0.25) is 0 Å². The summed E-state index contributed by atoms with van der Waals surface area (Å²) in [6.07, 6.45) is 29.6. The van der Waals surface area contributed by atoms with Crippen molar-refractivity contribution in [3.63, 3.8) is 0 Å². The molecule has 0 bridgehead atoms. The molecule has 2 aromatic carbocycles. The molecule has 0 spiro atoms. The van der Waals surface area contributed by atoms with E-state index < -0.39 is 0 Å². The Balaban J connectivity index is 1.97. The standard InChI is InChI=1S/C39H64O/c1-5-7-9-11-13-15-17-19-21-24-28-34-32-33-37(40)38(39(3,4)35-29-25-23-26-30-35)36(34)31-27-22-20-18-16-14-12-10-8-6-2/h23,25-26,29-30,32-33,40H,5-22,24,27-28,31H2,1-4H3. The molecule has 0 aliphatic carbocycles. The number of rotatable bonds is 24. The predicted molar refractivity (Wildman–Crippen MR) is 178 cm³/mol. The van der Waals surface area contributed by atoms with Gasteiger partial charge in [-0.1, -0.05) is 180 Å². The summed E-state index contributed by atoms with van der Waals surface area (Å²) in [5.74, 6) is 0.475. The average molecular weight is 549 g/mol. The molecule has 0 unspecified atom stereocenters. The molecule has 0 aliphatic heterocycles. The smallest absolute Gasteiger partial charge is 0.119 e. The monoisotopic (exact) mass is 548 g/mol. The number of phenolic OH excluding ortho intramolecular Hbond substituents is 1. The van der Waals surface area contributed by atoms with Crippen LogP contribution in [-0.4, -0.2) is 5.11 Å². The van der Waals surface area contributed by atoms with Gasteiger partial charge >= 0.3 is 0 Å². The molecule has 0 fully saturated rings. The Morgan fingerprint density at radius 2 is 0.925 bits per heavy atom. The van der Waals surface area contributed by atoms with Gasteiger partial charge < -0.3 is 5.11 Å². The summed E-state index contributed by atoms with van der Waals surface area (Å²) < 4.78 is 0. The number of hydrogen-bond acceptors (Lipinski definition) is 1. The van der Waals surface area contributed by atoms with E-state index >= 15 is 0 Å². The van der Waals surface area contributed by atoms with Crippen molar-refractivity contribution in [2.24, 2.45) is 0 Å². The molecule has 2 aromatic rings. The van der Waals surface area contributed by atoms with Gasteiger partial charge in [-0.25, -0.2) is 0 Å². The number of phenols is 1. The molecule has 1 nitrogen and oxygen atoms in total. The van der Waals surface area contributed by atoms with E-state index in [1.54, 1.807) is 0 Å². The van der Waals surface area contributed by atoms with Crippen LogP contribution in [0.15, 0.2) is 42.5 Å². The molecule has 0 heterocycles. The second-order valence-corrected chi connectivity index (χ2v) is 13.0. The summed E-state index contributed by atoms with van der Waals surface area (Å²) >= 11 is 0. The quantitative estimate of drug-likeness (QED) is 0.129. The molecule has 0 atom stereocenters. The molecular weight excluding hydrogens is 484 g/mol. The Bertz CT molecular complexity index is 881. The van der Waals surface area contributed by atoms with Crippen molar-refractivity contribution in [3.8, 4) is 5.75 Å². The van der Waals surface area contributed by atoms with Crippen LogP contribution in [0.4, 0.5) is 0 Å². The number of aryl methyl sites for hydroxylation is 1. The lowest BCUT2D eigenvalue weighted by atomic mass is 9.73. The first-order valence-electron chi connectivity index (χ1n) is 17.4. The number of aromatic hydroxyl groups is 1. The van der Waals surface area contributed by atoms with Crippen LogP contribution >= 0.6 is 0 Å². The van der Waals surface area contributed by atoms with Gasteiger partial charge in [0.25, 0.3) is 0 Å². The van der Waals surface area contributed by atoms with Gasteiger partial charge in [0.1, 0.15) is 5.75 Å². The van der Waals surface area contributed by atoms with E-state index in [-0.39, 0.29) is 5.41 Å². The van der Waals surface area contributed by atoms with Crippen molar-refractivity contribution >= 4 is 0 Å². The maximum Gasteiger partial charge on any atom is 0.119 e. The molecule has 226 valence electrons. The van der Waals surface area contributed by atoms with Gasteiger partial charge in [0, 0.05) is 11.0 Å². The zero-order valence-corrected chi connectivity index (χ0v) is 27.0. The van der Waals surface area contributed by atoms with Crippen LogP contribution in [0.25, 0.3) is 0 Å². The van der Waals surface area contributed by atoms with E-state index in [1.807, 2.05) is 6.07 Å². The number of hydrogen-bond donors (Lipinski definition) is 1. The third-order valence-electron chi connectivity index (χ3n) is 9.09. The van der Waals surface area contributed by atoms with Crippen molar-refractivity contribution in [1.82, 2.24) is 0 Å². The summed E-state index contributed by atoms with van der Waals surface area (Å²) in [6.45, 7) is 9.18. The summed E-state index contributed by atoms with van der Waals surface area (Å²) in [5, 5.41) is 11.2. The van der Waals surface area contributed by atoms with Crippen LogP contribution in [0.3, 0.4) is 0 Å². The lowest BCUT2D eigenvalue weighted by molar-refractivity contribution is 0.449. The number of benzene rings is 2. The van der Waals surface area contributed by atoms with Crippen LogP contribution < -0.4 is 0 Å². The van der Waals surface area contributed by atoms with Gasteiger partial charge in [0.05, 0.1) is 0 Å². The second-order valence-electron chi connectivity index (χ2n) is 13.0. The molecule has 0 aliphatic rings. The summed E-state index contributed by atoms with van der Waals surface area (Å²) in [6, 6.07) is 15.0. The molecule has 0 radical (unpaired) electrons. The fourth-order valence-corrected chi connectivity index (χ4v) is 6.49. The van der Waals surface area contributed by atoms with Gasteiger partial charge in [-0.05, 0) is 48.4 Å². The third-order valence-corrected chi connectivity index (χ3v) is 9.09. The highest BCUT2D eigenvalue weighted by molar-refractivity contribution is 5.53. The van der Waals surface area contributed by atoms with Crippen molar-refractivity contribution in [3.05, 3.63) is 64.7 Å². The molecule has 0 saturated heterocycles. The van der Waals surface area contributed by atoms with E-state index in [2.05, 4.69) is 64.1 Å². The molecule has 0 amide bonds. The minimum absolute atomic E-state index is 0.215. The highest BCUT2D eigenvalue weighted by Crippen LogP contribution is 2.41. The highest BCUT2D eigenvalue weighted by Gasteiger charge is 2.30. The largest absolute Gasteiger partial charge is 0.508 e. The summed E-state index contributed by atoms with van der Waals surface area (Å²) in [4.78, 5) is 0. The summed E-state index contributed by atoms with van der Waals surface area (Å²) in [7, 11) is 0. The first-order valence-corrected chi connectivity index (χ1v) is 17.4. The molecule has 1 heteroatoms. The lowest BCUT2D eigenvalue weighted by Crippen LogP contribution is -2.22. The third kappa shape index (κ3) is 12.8. The van der Waals surface area contributed by atoms with E-state index in [0.717, 1.165) is 12.8 Å². The van der Waals surface area contributed by atoms with Crippen LogP contribution in [-0.2, 0) is 18.3 Å². The SMILES string of the molecule is CCCCCCCCCCCCc1ccc(O)c(C(C)(C)c2ccccc2)c1CCCCCCCCCCCC. The maximum absolute atomic E-state index is 11.2. The Morgan fingerprint density at radius 3 is 1.40 bits per heavy atom. The van der Waals surface area contributed by atoms with Crippen molar-refractivity contribution in [2.75, 3.05) is 0 Å². The van der Waals surface area contributed by atoms with Crippen LogP contribution in [0.2, 0.25) is 0 Å². The molecular formula is C39H64O.